The van der Waals surface area contributed by atoms with Crippen LogP contribution in [-0.2, 0) is 0 Å². The van der Waals surface area contributed by atoms with E-state index in [4.69, 9.17) is 4.74 Å². The predicted molar refractivity (Wildman–Crippen MR) is 87.4 cm³/mol. The average Bonchev–Trinajstić information content (AvgIpc) is 2.54. The fourth-order valence-corrected chi connectivity index (χ4v) is 3.69. The van der Waals surface area contributed by atoms with Crippen molar-refractivity contribution in [2.75, 3.05) is 20.2 Å². The molecule has 0 spiro atoms. The third-order valence-electron chi connectivity index (χ3n) is 4.85. The number of piperidine rings is 1. The normalized spacial score (nSPS) is 21.3. The Morgan fingerprint density at radius 1 is 1.10 bits per heavy atom. The van der Waals surface area contributed by atoms with Crippen molar-refractivity contribution in [1.82, 2.24) is 4.90 Å². The second kappa shape index (κ2) is 5.10. The minimum Gasteiger partial charge on any atom is -0.497 e. The standard InChI is InChI=1S/C19H21NO/c1-21-18-8-7-15-11-17(6-5-16(15)12-18)19-9-4-14-3-2-10-20(19)13-14/h5-9,11-12,14H,2-4,10,13H2,1H3. The minimum absolute atomic E-state index is 0.882. The van der Waals surface area contributed by atoms with E-state index in [1.54, 1.807) is 7.11 Å². The molecule has 0 N–H and O–H groups in total. The average molecular weight is 279 g/mol. The van der Waals surface area contributed by atoms with Gasteiger partial charge in [-0.15, -0.1) is 0 Å². The van der Waals surface area contributed by atoms with Crippen molar-refractivity contribution >= 4 is 16.5 Å². The number of ether oxygens (including phenoxy) is 1. The molecule has 0 saturated carbocycles. The summed E-state index contributed by atoms with van der Waals surface area (Å²) >= 11 is 0. The monoisotopic (exact) mass is 279 g/mol. The van der Waals surface area contributed by atoms with Gasteiger partial charge in [-0.25, -0.2) is 0 Å². The summed E-state index contributed by atoms with van der Waals surface area (Å²) in [5.74, 6) is 1.80. The number of methoxy groups -OCH3 is 1. The highest BCUT2D eigenvalue weighted by Gasteiger charge is 2.25. The number of nitrogens with zero attached hydrogens (tertiary/aromatic N) is 1. The first kappa shape index (κ1) is 12.8. The zero-order valence-corrected chi connectivity index (χ0v) is 12.5. The Morgan fingerprint density at radius 3 is 2.86 bits per heavy atom. The van der Waals surface area contributed by atoms with E-state index >= 15 is 0 Å². The van der Waals surface area contributed by atoms with Crippen molar-refractivity contribution in [2.24, 2.45) is 5.92 Å². The summed E-state index contributed by atoms with van der Waals surface area (Å²) in [6.45, 7) is 2.45. The fraction of sp³-hybridized carbons (Fsp3) is 0.368. The van der Waals surface area contributed by atoms with E-state index in [9.17, 15) is 0 Å². The second-order valence-corrected chi connectivity index (χ2v) is 6.21. The highest BCUT2D eigenvalue weighted by molar-refractivity contribution is 5.87. The molecular formula is C19H21NO. The summed E-state index contributed by atoms with van der Waals surface area (Å²) in [6, 6.07) is 13.1. The van der Waals surface area contributed by atoms with Crippen LogP contribution in [0.5, 0.6) is 5.75 Å². The molecule has 2 aliphatic heterocycles. The first-order valence-corrected chi connectivity index (χ1v) is 7.87. The van der Waals surface area contributed by atoms with E-state index in [0.717, 1.165) is 11.7 Å². The Kier molecular flexibility index (Phi) is 3.10. The summed E-state index contributed by atoms with van der Waals surface area (Å²) in [7, 11) is 1.72. The second-order valence-electron chi connectivity index (χ2n) is 6.21. The summed E-state index contributed by atoms with van der Waals surface area (Å²) in [5, 5.41) is 2.53. The van der Waals surface area contributed by atoms with Gasteiger partial charge in [0.2, 0.25) is 0 Å². The summed E-state index contributed by atoms with van der Waals surface area (Å²) < 4.78 is 5.30. The lowest BCUT2D eigenvalue weighted by atomic mass is 9.89. The molecule has 2 heteroatoms. The molecule has 21 heavy (non-hydrogen) atoms. The van der Waals surface area contributed by atoms with Gasteiger partial charge >= 0.3 is 0 Å². The molecule has 4 rings (SSSR count). The molecular weight excluding hydrogens is 258 g/mol. The highest BCUT2D eigenvalue weighted by atomic mass is 16.5. The number of rotatable bonds is 2. The van der Waals surface area contributed by atoms with E-state index in [2.05, 4.69) is 41.3 Å². The SMILES string of the molecule is COc1ccc2cc(C3=CCC4CCCN3C4)ccc2c1. The smallest absolute Gasteiger partial charge is 0.119 e. The lowest BCUT2D eigenvalue weighted by Gasteiger charge is -2.39. The number of benzene rings is 2. The van der Waals surface area contributed by atoms with Crippen molar-refractivity contribution in [3.05, 3.63) is 48.0 Å². The van der Waals surface area contributed by atoms with E-state index < -0.39 is 0 Å². The van der Waals surface area contributed by atoms with Crippen LogP contribution in [0.25, 0.3) is 16.5 Å². The lowest BCUT2D eigenvalue weighted by molar-refractivity contribution is 0.233. The van der Waals surface area contributed by atoms with E-state index in [-0.39, 0.29) is 0 Å². The van der Waals surface area contributed by atoms with Gasteiger partial charge in [0.05, 0.1) is 7.11 Å². The van der Waals surface area contributed by atoms with Gasteiger partial charge in [0.15, 0.2) is 0 Å². The van der Waals surface area contributed by atoms with E-state index in [1.165, 1.54) is 54.4 Å². The number of fused-ring (bicyclic) bond motifs is 3. The molecule has 0 amide bonds. The van der Waals surface area contributed by atoms with Crippen LogP contribution in [0.4, 0.5) is 0 Å². The third kappa shape index (κ3) is 2.29. The van der Waals surface area contributed by atoms with Gasteiger partial charge in [-0.3, -0.25) is 0 Å². The molecule has 0 radical (unpaired) electrons. The first-order chi connectivity index (χ1) is 10.3. The Hall–Kier alpha value is -1.96. The quantitative estimate of drug-likeness (QED) is 0.812. The topological polar surface area (TPSA) is 12.5 Å². The molecule has 1 fully saturated rings. The van der Waals surface area contributed by atoms with Crippen molar-refractivity contribution in [1.29, 1.82) is 0 Å². The van der Waals surface area contributed by atoms with Crippen LogP contribution in [0.3, 0.4) is 0 Å². The van der Waals surface area contributed by atoms with Gasteiger partial charge in [-0.05, 0) is 59.7 Å². The Balaban J connectivity index is 1.73. The maximum Gasteiger partial charge on any atom is 0.119 e. The molecule has 2 aromatic carbocycles. The maximum absolute atomic E-state index is 5.30. The largest absolute Gasteiger partial charge is 0.497 e. The fourth-order valence-electron chi connectivity index (χ4n) is 3.69. The predicted octanol–water partition coefficient (Wildman–Crippen LogP) is 4.31. The molecule has 1 saturated heterocycles. The van der Waals surface area contributed by atoms with Crippen molar-refractivity contribution in [3.8, 4) is 5.75 Å². The Morgan fingerprint density at radius 2 is 1.95 bits per heavy atom. The highest BCUT2D eigenvalue weighted by Crippen LogP contribution is 2.34. The molecule has 108 valence electrons. The van der Waals surface area contributed by atoms with Gasteiger partial charge in [0.25, 0.3) is 0 Å². The molecule has 2 aromatic rings. The molecule has 1 atom stereocenters. The van der Waals surface area contributed by atoms with Gasteiger partial charge in [-0.2, -0.15) is 0 Å². The van der Waals surface area contributed by atoms with Gasteiger partial charge in [0.1, 0.15) is 5.75 Å². The van der Waals surface area contributed by atoms with E-state index in [1.807, 2.05) is 6.07 Å². The number of hydrogen-bond acceptors (Lipinski definition) is 2. The molecule has 1 unspecified atom stereocenters. The molecule has 2 aliphatic rings. The van der Waals surface area contributed by atoms with Crippen LogP contribution in [-0.4, -0.2) is 25.1 Å². The molecule has 2 heterocycles. The minimum atomic E-state index is 0.882. The maximum atomic E-state index is 5.30. The van der Waals surface area contributed by atoms with Gasteiger partial charge < -0.3 is 9.64 Å². The van der Waals surface area contributed by atoms with Crippen molar-refractivity contribution < 1.29 is 4.74 Å². The van der Waals surface area contributed by atoms with Crippen molar-refractivity contribution in [3.63, 3.8) is 0 Å². The summed E-state index contributed by atoms with van der Waals surface area (Å²) in [5.41, 5.74) is 2.79. The first-order valence-electron chi connectivity index (χ1n) is 7.87. The Bertz CT molecular complexity index is 704. The van der Waals surface area contributed by atoms with Crippen LogP contribution >= 0.6 is 0 Å². The zero-order valence-electron chi connectivity index (χ0n) is 12.5. The lowest BCUT2D eigenvalue weighted by Crippen LogP contribution is -2.36. The molecule has 2 nitrogen and oxygen atoms in total. The van der Waals surface area contributed by atoms with Gasteiger partial charge in [-0.1, -0.05) is 24.3 Å². The zero-order chi connectivity index (χ0) is 14.2. The summed E-state index contributed by atoms with van der Waals surface area (Å²) in [6.07, 6.45) is 6.43. The Labute approximate surface area is 126 Å². The van der Waals surface area contributed by atoms with Crippen LogP contribution in [0, 0.1) is 5.92 Å². The van der Waals surface area contributed by atoms with Crippen molar-refractivity contribution in [2.45, 2.75) is 19.3 Å². The third-order valence-corrected chi connectivity index (χ3v) is 4.85. The van der Waals surface area contributed by atoms with Crippen LogP contribution in [0.1, 0.15) is 24.8 Å². The van der Waals surface area contributed by atoms with E-state index in [0.29, 0.717) is 0 Å². The van der Waals surface area contributed by atoms with Crippen LogP contribution in [0.2, 0.25) is 0 Å². The van der Waals surface area contributed by atoms with Crippen LogP contribution < -0.4 is 4.74 Å². The molecule has 0 aromatic heterocycles. The number of hydrogen-bond donors (Lipinski definition) is 0. The summed E-state index contributed by atoms with van der Waals surface area (Å²) in [4.78, 5) is 2.57. The van der Waals surface area contributed by atoms with Crippen LogP contribution in [0.15, 0.2) is 42.5 Å². The van der Waals surface area contributed by atoms with Gasteiger partial charge in [0, 0.05) is 18.8 Å². The molecule has 0 aliphatic carbocycles. The molecule has 2 bridgehead atoms. The number of allylic oxidation sites excluding steroid dienone is 1.